The SMILES string of the molecule is [2H]C([2H])([2H])NC(=O)c1nnc(NC(=O)C2CC2)cc1Nc1cccc(-c2ncc(N3CC(=O)C3)cn2)c1OC. The third-order valence-electron chi connectivity index (χ3n) is 5.79. The predicted octanol–water partition coefficient (Wildman–Crippen LogP) is 1.78. The summed E-state index contributed by atoms with van der Waals surface area (Å²) in [7, 11) is 1.46. The number of hydrogen-bond acceptors (Lipinski definition) is 10. The molecule has 5 rings (SSSR count). The minimum absolute atomic E-state index is 0.0898. The Kier molecular flexibility index (Phi) is 5.23. The van der Waals surface area contributed by atoms with Crippen LogP contribution >= 0.6 is 0 Å². The van der Waals surface area contributed by atoms with Crippen LogP contribution < -0.4 is 25.6 Å². The van der Waals surface area contributed by atoms with Crippen molar-refractivity contribution in [1.29, 1.82) is 0 Å². The molecular weight excluding hydrogens is 464 g/mol. The molecule has 3 heterocycles. The van der Waals surface area contributed by atoms with Crippen LogP contribution in [0.1, 0.15) is 27.4 Å². The van der Waals surface area contributed by atoms with E-state index in [1.165, 1.54) is 13.2 Å². The van der Waals surface area contributed by atoms with E-state index < -0.39 is 12.9 Å². The average molecular weight is 492 g/mol. The molecule has 0 spiro atoms. The zero-order valence-electron chi connectivity index (χ0n) is 22.2. The van der Waals surface area contributed by atoms with Gasteiger partial charge in [0.05, 0.1) is 55.2 Å². The molecule has 12 heteroatoms. The van der Waals surface area contributed by atoms with Gasteiger partial charge in [-0.25, -0.2) is 9.97 Å². The Morgan fingerprint density at radius 1 is 1.14 bits per heavy atom. The Morgan fingerprint density at radius 2 is 1.92 bits per heavy atom. The smallest absolute Gasteiger partial charge is 0.273 e. The summed E-state index contributed by atoms with van der Waals surface area (Å²) in [4.78, 5) is 47.0. The number of ether oxygens (including phenoxy) is 1. The molecule has 36 heavy (non-hydrogen) atoms. The molecule has 3 aromatic rings. The third kappa shape index (κ3) is 4.65. The van der Waals surface area contributed by atoms with E-state index in [0.29, 0.717) is 35.9 Å². The number of amides is 2. The summed E-state index contributed by atoms with van der Waals surface area (Å²) in [5.74, 6) is -0.345. The van der Waals surface area contributed by atoms with E-state index in [4.69, 9.17) is 8.85 Å². The molecule has 0 bridgehead atoms. The van der Waals surface area contributed by atoms with E-state index in [1.807, 2.05) is 10.2 Å². The number of benzene rings is 1. The molecule has 1 aromatic carbocycles. The molecule has 184 valence electrons. The van der Waals surface area contributed by atoms with Crippen molar-refractivity contribution in [2.75, 3.05) is 42.7 Å². The second-order valence-electron chi connectivity index (χ2n) is 8.38. The molecule has 1 aliphatic carbocycles. The second kappa shape index (κ2) is 9.56. The number of Topliss-reactive ketones (excluding diaryl/α,β-unsaturated/α-hetero) is 1. The molecule has 1 aliphatic heterocycles. The van der Waals surface area contributed by atoms with Gasteiger partial charge in [0, 0.05) is 23.1 Å². The van der Waals surface area contributed by atoms with Crippen LogP contribution in [0.5, 0.6) is 5.75 Å². The predicted molar refractivity (Wildman–Crippen MR) is 131 cm³/mol. The maximum atomic E-state index is 12.7. The Morgan fingerprint density at radius 3 is 2.58 bits per heavy atom. The first-order valence-corrected chi connectivity index (χ1v) is 11.2. The van der Waals surface area contributed by atoms with Crippen molar-refractivity contribution in [3.8, 4) is 17.1 Å². The fourth-order valence-electron chi connectivity index (χ4n) is 3.71. The summed E-state index contributed by atoms with van der Waals surface area (Å²) >= 11 is 0. The van der Waals surface area contributed by atoms with Crippen LogP contribution in [0.4, 0.5) is 22.9 Å². The highest BCUT2D eigenvalue weighted by atomic mass is 16.5. The van der Waals surface area contributed by atoms with Crippen molar-refractivity contribution in [1.82, 2.24) is 25.5 Å². The van der Waals surface area contributed by atoms with Crippen LogP contribution in [-0.2, 0) is 9.59 Å². The van der Waals surface area contributed by atoms with Crippen LogP contribution in [0.15, 0.2) is 36.7 Å². The molecule has 3 N–H and O–H groups in total. The van der Waals surface area contributed by atoms with Crippen molar-refractivity contribution in [3.63, 3.8) is 0 Å². The number of anilines is 4. The normalized spacial score (nSPS) is 16.2. The van der Waals surface area contributed by atoms with E-state index in [-0.39, 0.29) is 34.8 Å². The van der Waals surface area contributed by atoms with Gasteiger partial charge in [0.15, 0.2) is 28.9 Å². The minimum atomic E-state index is -2.75. The Balaban J connectivity index is 1.47. The molecule has 0 atom stereocenters. The summed E-state index contributed by atoms with van der Waals surface area (Å²) in [6.45, 7) is -2.10. The maximum Gasteiger partial charge on any atom is 0.273 e. The Bertz CT molecular complexity index is 1440. The van der Waals surface area contributed by atoms with E-state index in [9.17, 15) is 14.4 Å². The highest BCUT2D eigenvalue weighted by Gasteiger charge is 2.30. The number of carbonyl (C=O) groups is 3. The van der Waals surface area contributed by atoms with Gasteiger partial charge in [-0.2, -0.15) is 0 Å². The Hall–Kier alpha value is -4.61. The van der Waals surface area contributed by atoms with E-state index >= 15 is 0 Å². The van der Waals surface area contributed by atoms with Crippen molar-refractivity contribution in [2.24, 2.45) is 5.92 Å². The quantitative estimate of drug-likeness (QED) is 0.425. The fraction of sp³-hybridized carbons (Fsp3) is 0.292. The van der Waals surface area contributed by atoms with Crippen LogP contribution in [0, 0.1) is 5.92 Å². The van der Waals surface area contributed by atoms with E-state index in [2.05, 4.69) is 30.8 Å². The van der Waals surface area contributed by atoms with Gasteiger partial charge in [0.2, 0.25) is 5.91 Å². The molecule has 0 radical (unpaired) electrons. The van der Waals surface area contributed by atoms with Gasteiger partial charge < -0.3 is 25.6 Å². The van der Waals surface area contributed by atoms with Gasteiger partial charge in [-0.15, -0.1) is 10.2 Å². The van der Waals surface area contributed by atoms with Crippen LogP contribution in [0.2, 0.25) is 0 Å². The number of ketones is 1. The van der Waals surface area contributed by atoms with Gasteiger partial charge in [-0.05, 0) is 25.0 Å². The Labute approximate surface area is 210 Å². The zero-order valence-corrected chi connectivity index (χ0v) is 19.2. The van der Waals surface area contributed by atoms with Gasteiger partial charge in [-0.3, -0.25) is 14.4 Å². The first kappa shape index (κ1) is 19.7. The first-order chi connectivity index (χ1) is 18.6. The summed E-state index contributed by atoms with van der Waals surface area (Å²) < 4.78 is 27.8. The molecule has 1 saturated carbocycles. The number of nitrogens with zero attached hydrogens (tertiary/aromatic N) is 5. The number of methoxy groups -OCH3 is 1. The lowest BCUT2D eigenvalue weighted by molar-refractivity contribution is -0.120. The topological polar surface area (TPSA) is 151 Å². The lowest BCUT2D eigenvalue weighted by atomic mass is 10.1. The lowest BCUT2D eigenvalue weighted by Crippen LogP contribution is -2.47. The van der Waals surface area contributed by atoms with Gasteiger partial charge in [0.25, 0.3) is 5.91 Å². The first-order valence-electron chi connectivity index (χ1n) is 12.7. The fourth-order valence-corrected chi connectivity index (χ4v) is 3.71. The molecular formula is C24H24N8O4. The van der Waals surface area contributed by atoms with E-state index in [1.54, 1.807) is 30.6 Å². The molecule has 2 aromatic heterocycles. The highest BCUT2D eigenvalue weighted by Crippen LogP contribution is 2.37. The molecule has 2 amide bonds. The van der Waals surface area contributed by atoms with Crippen molar-refractivity contribution in [3.05, 3.63) is 42.4 Å². The van der Waals surface area contributed by atoms with Crippen LogP contribution in [0.3, 0.4) is 0 Å². The average Bonchev–Trinajstić information content (AvgIpc) is 3.72. The molecule has 1 saturated heterocycles. The number of rotatable bonds is 8. The standard InChI is InChI=1S/C24H24N8O4/c1-25-24(35)20-18(8-19(30-31-20)29-23(34)13-6-7-13)28-17-5-3-4-16(21(17)36-2)22-26-9-14(10-27-22)32-11-15(33)12-32/h3-5,8-10,13H,6-7,11-12H2,1-2H3,(H,25,35)(H2,28,29,30,34)/i1D3. The largest absolute Gasteiger partial charge is 0.494 e. The van der Waals surface area contributed by atoms with Crippen LogP contribution in [0.25, 0.3) is 11.4 Å². The van der Waals surface area contributed by atoms with Crippen molar-refractivity contribution in [2.45, 2.75) is 12.8 Å². The third-order valence-corrected chi connectivity index (χ3v) is 5.79. The number of aromatic nitrogens is 4. The highest BCUT2D eigenvalue weighted by molar-refractivity contribution is 6.00. The van der Waals surface area contributed by atoms with Crippen LogP contribution in [-0.4, -0.2) is 64.9 Å². The van der Waals surface area contributed by atoms with Gasteiger partial charge in [0.1, 0.15) is 0 Å². The number of carbonyl (C=O) groups excluding carboxylic acids is 3. The molecule has 0 unspecified atom stereocenters. The van der Waals surface area contributed by atoms with Gasteiger partial charge in [-0.1, -0.05) is 6.07 Å². The monoisotopic (exact) mass is 491 g/mol. The second-order valence-corrected chi connectivity index (χ2v) is 8.38. The summed E-state index contributed by atoms with van der Waals surface area (Å²) in [5, 5.41) is 15.4. The number of para-hydroxylation sites is 1. The molecule has 2 fully saturated rings. The zero-order chi connectivity index (χ0) is 27.7. The maximum absolute atomic E-state index is 12.7. The van der Waals surface area contributed by atoms with Crippen molar-refractivity contribution < 1.29 is 23.2 Å². The summed E-state index contributed by atoms with van der Waals surface area (Å²) in [6, 6.07) is 6.54. The van der Waals surface area contributed by atoms with Gasteiger partial charge >= 0.3 is 0 Å². The van der Waals surface area contributed by atoms with E-state index in [0.717, 1.165) is 18.5 Å². The lowest BCUT2D eigenvalue weighted by Gasteiger charge is -2.30. The number of hydrogen-bond donors (Lipinski definition) is 3. The molecule has 2 aliphatic rings. The van der Waals surface area contributed by atoms with Crippen molar-refractivity contribution >= 4 is 40.5 Å². The number of nitrogens with one attached hydrogen (secondary N) is 3. The molecule has 12 nitrogen and oxygen atoms in total. The minimum Gasteiger partial charge on any atom is -0.494 e. The summed E-state index contributed by atoms with van der Waals surface area (Å²) in [5.41, 5.74) is 1.44. The summed E-state index contributed by atoms with van der Waals surface area (Å²) in [6.07, 6.45) is 4.81.